The van der Waals surface area contributed by atoms with Crippen LogP contribution in [0.15, 0.2) is 212 Å². The average Bonchev–Trinajstić information content (AvgIpc) is 1.48. The van der Waals surface area contributed by atoms with Crippen LogP contribution in [0.2, 0.25) is 0 Å². The molecular formula is C126H132F3N15O6. The molecule has 0 radical (unpaired) electrons. The zero-order valence-corrected chi connectivity index (χ0v) is 89.7. The van der Waals surface area contributed by atoms with Crippen molar-refractivity contribution in [2.24, 2.45) is 32.5 Å². The standard InChI is InChI=1S/C21H21F3N2O.3C21H21N3O.2C21H24N2O/c1-11-17-15(26-25-11)8-13-9-20(2,3)10-16(27)18(13)19(17)12-4-6-14(7-5-12)21(22,23)24;1-12-18-16(24-23-12)9-14-10-21(2,3)11-17(25)19(14)20(18)13-6-5-7-15(8-13)22-4;1-12-18-16(24-23-12)9-13-10-21(2,3)11-17(25)19(13)20(18)14-7-5-6-8-15(14)22-4;1-12-18-16(24-23-12)8-15-9-21(2,3)10-17(25)19(15)20(18)14-6-4-13(11-22)5-7-14;1-12-6-5-7-14(8-12)20-18-13(2)22-23-16(18)9-15-10-21(3,4)11-17(24)19(15)20;1-12-7-5-6-8-15(12)20-18-13(2)22-23-16(18)9-14-10-21(3,4)11-17(24)19(14)20/h4-7,19H,8-10H2,1-3H3,(H,25,26);2*5-8,20H,9-11H2,1-3H3,(H,23,24);4-7,20H,8-10H2,1-3H3,(H,23,24);2*5-8,20H,9-11H2,1-4H3,(H,22,23)/t;;;;;20-/m.....1/s1. The number of nitrogens with zero attached hydrogens (tertiary/aromatic N) is 9. The van der Waals surface area contributed by atoms with Crippen molar-refractivity contribution >= 4 is 46.1 Å². The largest absolute Gasteiger partial charge is 0.416 e. The number of alkyl halides is 3. The minimum absolute atomic E-state index is 0.00167. The molecule has 24 rings (SSSR count). The van der Waals surface area contributed by atoms with Crippen LogP contribution in [0, 0.1) is 112 Å². The molecule has 0 bridgehead atoms. The number of benzene rings is 6. The van der Waals surface area contributed by atoms with Crippen LogP contribution in [0.4, 0.5) is 24.5 Å². The predicted molar refractivity (Wildman–Crippen MR) is 574 cm³/mol. The van der Waals surface area contributed by atoms with E-state index in [2.05, 4.69) is 236 Å². The number of hydrogen-bond donors (Lipinski definition) is 6. The molecule has 150 heavy (non-hydrogen) atoms. The number of ketones is 6. The van der Waals surface area contributed by atoms with Crippen LogP contribution in [0.5, 0.6) is 0 Å². The molecule has 21 nitrogen and oxygen atoms in total. The molecule has 0 saturated heterocycles. The number of aryl methyl sites for hydroxylation is 8. The van der Waals surface area contributed by atoms with Gasteiger partial charge in [-0.3, -0.25) is 59.4 Å². The van der Waals surface area contributed by atoms with E-state index in [0.717, 1.165) is 229 Å². The van der Waals surface area contributed by atoms with Crippen molar-refractivity contribution in [3.8, 4) is 6.07 Å². The van der Waals surface area contributed by atoms with Gasteiger partial charge >= 0.3 is 6.18 Å². The maximum absolute atomic E-state index is 13.1. The van der Waals surface area contributed by atoms with Gasteiger partial charge in [-0.25, -0.2) is 9.69 Å². The van der Waals surface area contributed by atoms with Gasteiger partial charge in [0.05, 0.1) is 64.5 Å². The number of Topliss-reactive ketones (excluding diaryl/α,β-unsaturated/α-hetero) is 6. The monoisotopic (exact) mass is 2010 g/mol. The maximum Gasteiger partial charge on any atom is 0.416 e. The summed E-state index contributed by atoms with van der Waals surface area (Å²) in [6.07, 6.45) is 9.14. The van der Waals surface area contributed by atoms with Crippen molar-refractivity contribution in [2.45, 2.75) is 296 Å². The zero-order valence-electron chi connectivity index (χ0n) is 89.7. The Morgan fingerprint density at radius 1 is 0.313 bits per heavy atom. The Morgan fingerprint density at radius 2 is 0.587 bits per heavy atom. The normalized spacial score (nSPS) is 21.8. The number of fused-ring (bicyclic) bond motifs is 6. The fourth-order valence-electron chi connectivity index (χ4n) is 27.0. The average molecular weight is 2010 g/mol. The third kappa shape index (κ3) is 20.0. The first-order valence-corrected chi connectivity index (χ1v) is 52.5. The molecule has 24 heteroatoms. The molecular weight excluding hydrogens is 1880 g/mol. The van der Waals surface area contributed by atoms with Crippen LogP contribution in [-0.2, 0) is 73.5 Å². The fraction of sp³-hybridized carbons (Fsp3) is 0.405. The van der Waals surface area contributed by atoms with E-state index in [1.165, 1.54) is 73.4 Å². The Kier molecular flexibility index (Phi) is 27.2. The summed E-state index contributed by atoms with van der Waals surface area (Å²) in [7, 11) is 0. The molecule has 0 aliphatic heterocycles. The number of aromatic amines is 6. The number of nitrogens with one attached hydrogen (secondary N) is 6. The summed E-state index contributed by atoms with van der Waals surface area (Å²) in [4.78, 5) is 85.7. The van der Waals surface area contributed by atoms with Crippen LogP contribution < -0.4 is 0 Å². The van der Waals surface area contributed by atoms with Gasteiger partial charge in [0, 0.05) is 214 Å². The highest BCUT2D eigenvalue weighted by Gasteiger charge is 2.51. The van der Waals surface area contributed by atoms with E-state index in [9.17, 15) is 41.9 Å². The molecule has 0 spiro atoms. The second-order valence-electron chi connectivity index (χ2n) is 48.7. The first kappa shape index (κ1) is 104. The Labute approximate surface area is 876 Å². The van der Waals surface area contributed by atoms with E-state index in [0.29, 0.717) is 79.0 Å². The van der Waals surface area contributed by atoms with Gasteiger partial charge in [-0.15, -0.1) is 0 Å². The second-order valence-corrected chi connectivity index (χ2v) is 48.7. The van der Waals surface area contributed by atoms with Crippen LogP contribution in [0.1, 0.15) is 353 Å². The van der Waals surface area contributed by atoms with Crippen molar-refractivity contribution in [2.75, 3.05) is 0 Å². The van der Waals surface area contributed by atoms with E-state index in [1.807, 2.05) is 100 Å². The van der Waals surface area contributed by atoms with Crippen LogP contribution >= 0.6 is 0 Å². The van der Waals surface area contributed by atoms with Crippen molar-refractivity contribution in [1.29, 1.82) is 5.26 Å². The highest BCUT2D eigenvalue weighted by Crippen LogP contribution is 2.59. The number of nitriles is 1. The van der Waals surface area contributed by atoms with Gasteiger partial charge < -0.3 is 0 Å². The van der Waals surface area contributed by atoms with Crippen molar-refractivity contribution < 1.29 is 41.9 Å². The molecule has 0 amide bonds. The molecule has 0 fully saturated rings. The zero-order chi connectivity index (χ0) is 107. The third-order valence-corrected chi connectivity index (χ3v) is 32.8. The van der Waals surface area contributed by atoms with Gasteiger partial charge in [0.2, 0.25) is 0 Å². The lowest BCUT2D eigenvalue weighted by Crippen LogP contribution is -2.32. The lowest BCUT2D eigenvalue weighted by molar-refractivity contribution is -0.137. The van der Waals surface area contributed by atoms with Gasteiger partial charge in [-0.2, -0.15) is 49.0 Å². The molecule has 6 heterocycles. The van der Waals surface area contributed by atoms with Gasteiger partial charge in [-0.1, -0.05) is 243 Å². The van der Waals surface area contributed by atoms with E-state index < -0.39 is 11.7 Å². The Bertz CT molecular complexity index is 7930. The number of allylic oxidation sites excluding steroid dienone is 12. The number of rotatable bonds is 6. The highest BCUT2D eigenvalue weighted by molar-refractivity contribution is 6.05. The Balaban J connectivity index is 0.000000113. The quantitative estimate of drug-likeness (QED) is 0.0845. The molecule has 12 aliphatic rings. The van der Waals surface area contributed by atoms with Gasteiger partial charge in [-0.05, 0) is 190 Å². The number of carbonyl (C=O) groups is 6. The van der Waals surface area contributed by atoms with Gasteiger partial charge in [0.25, 0.3) is 0 Å². The SMILES string of the molecule is Cc1[nH]nc2c1C(c1ccc(C#N)cc1)C1=C(C2)CC(C)(C)CC1=O.Cc1[nH]nc2c1C(c1ccc(C(F)(F)F)cc1)C1=C(C2)CC(C)(C)CC1=O.Cc1cccc(C2C3=C(Cc4n[nH]c(C)c42)CC(C)(C)CC3=O)c1.Cc1ccccc1[C@H]1C2=C(Cc3n[nH]c(C)c31)CC(C)(C)CC2=O.[C-]#[N+]c1cccc(C2C3=C(Cc4n[nH]c(C)c42)CC(C)(C)CC3=O)c1.[C-]#[N+]c1ccccc1C1C2=C(Cc3n[nH]c(C)c31)CC(C)(C)CC2=O. The van der Waals surface area contributed by atoms with Gasteiger partial charge in [0.15, 0.2) is 46.1 Å². The molecule has 5 unspecified atom stereocenters. The number of carbonyl (C=O) groups excluding carboxylic acids is 6. The summed E-state index contributed by atoms with van der Waals surface area (Å²) in [5.74, 6) is 0.816. The summed E-state index contributed by atoms with van der Waals surface area (Å²) < 4.78 is 38.9. The number of aromatic nitrogens is 12. The molecule has 0 saturated carbocycles. The lowest BCUT2D eigenvalue weighted by Gasteiger charge is -2.38. The first-order valence-electron chi connectivity index (χ1n) is 52.5. The fourth-order valence-corrected chi connectivity index (χ4v) is 27.0. The molecule has 6 N–H and O–H groups in total. The smallest absolute Gasteiger partial charge is 0.294 e. The van der Waals surface area contributed by atoms with E-state index in [1.54, 1.807) is 0 Å². The second kappa shape index (κ2) is 39.3. The number of halogens is 3. The third-order valence-electron chi connectivity index (χ3n) is 32.8. The molecule has 768 valence electrons. The number of H-pyrrole nitrogens is 6. The van der Waals surface area contributed by atoms with Crippen LogP contribution in [0.25, 0.3) is 9.69 Å². The molecule has 12 aliphatic carbocycles. The van der Waals surface area contributed by atoms with Crippen LogP contribution in [0.3, 0.4) is 0 Å². The molecule has 6 aromatic heterocycles. The molecule has 12 aromatic rings. The summed E-state index contributed by atoms with van der Waals surface area (Å²) in [5.41, 5.74) is 41.7. The minimum Gasteiger partial charge on any atom is -0.294 e. The lowest BCUT2D eigenvalue weighted by atomic mass is 9.64. The minimum atomic E-state index is -4.38. The van der Waals surface area contributed by atoms with E-state index in [4.69, 9.17) is 18.4 Å². The summed E-state index contributed by atoms with van der Waals surface area (Å²) in [5, 5.41) is 54.7. The van der Waals surface area contributed by atoms with Crippen molar-refractivity contribution in [1.82, 2.24) is 61.2 Å². The van der Waals surface area contributed by atoms with E-state index >= 15 is 0 Å². The predicted octanol–water partition coefficient (Wildman–Crippen LogP) is 27.2. The number of para-hydroxylation sites is 1. The Morgan fingerprint density at radius 3 is 0.887 bits per heavy atom. The summed E-state index contributed by atoms with van der Waals surface area (Å²) in [6.45, 7) is 57.1. The molecule has 6 aromatic carbocycles. The first-order chi connectivity index (χ1) is 71.0. The van der Waals surface area contributed by atoms with E-state index in [-0.39, 0.29) is 91.1 Å². The summed E-state index contributed by atoms with van der Waals surface area (Å²) in [6, 6.07) is 47.2. The van der Waals surface area contributed by atoms with Gasteiger partial charge in [0.1, 0.15) is 0 Å². The van der Waals surface area contributed by atoms with Crippen LogP contribution in [-0.4, -0.2) is 95.9 Å². The molecule has 6 atom stereocenters. The number of hydrogen-bond acceptors (Lipinski definition) is 13. The topological polar surface area (TPSA) is 307 Å². The highest BCUT2D eigenvalue weighted by atomic mass is 19.4. The summed E-state index contributed by atoms with van der Waals surface area (Å²) >= 11 is 0. The van der Waals surface area contributed by atoms with Crippen molar-refractivity contribution in [3.63, 3.8) is 0 Å². The van der Waals surface area contributed by atoms with Crippen molar-refractivity contribution in [3.05, 3.63) is 393 Å². The maximum atomic E-state index is 13.1. The Hall–Kier alpha value is -14.7.